The van der Waals surface area contributed by atoms with Gasteiger partial charge in [-0.05, 0) is 30.2 Å². The highest BCUT2D eigenvalue weighted by Crippen LogP contribution is 2.24. The molecule has 0 aromatic carbocycles. The van der Waals surface area contributed by atoms with Crippen molar-refractivity contribution in [2.24, 2.45) is 0 Å². The van der Waals surface area contributed by atoms with Gasteiger partial charge in [-0.15, -0.1) is 0 Å². The molecule has 1 atom stereocenters. The maximum absolute atomic E-state index is 12.2. The average Bonchev–Trinajstić information content (AvgIpc) is 2.46. The maximum Gasteiger partial charge on any atom is 0.264 e. The molecule has 0 saturated carbocycles. The molecule has 1 fully saturated rings. The standard InChI is InChI=1S/C16H28O5S2/c1-2-3-4-6-15(18)13-16(7-5-12-23(19,20)21)22-10-8-14(17)9-11-22/h16H,2-13H2,1H3/p+1. The predicted molar refractivity (Wildman–Crippen MR) is 94.5 cm³/mol. The van der Waals surface area contributed by atoms with Gasteiger partial charge in [0.25, 0.3) is 10.1 Å². The first-order valence-electron chi connectivity index (χ1n) is 8.46. The van der Waals surface area contributed by atoms with Crippen LogP contribution in [-0.4, -0.2) is 47.0 Å². The predicted octanol–water partition coefficient (Wildman–Crippen LogP) is 2.54. The van der Waals surface area contributed by atoms with Gasteiger partial charge in [-0.25, -0.2) is 0 Å². The van der Waals surface area contributed by atoms with Gasteiger partial charge in [0.05, 0.1) is 25.0 Å². The first kappa shape index (κ1) is 20.6. The first-order chi connectivity index (χ1) is 10.8. The molecule has 0 radical (unpaired) electrons. The van der Waals surface area contributed by atoms with Crippen molar-refractivity contribution in [3.8, 4) is 0 Å². The molecule has 1 rings (SSSR count). The lowest BCUT2D eigenvalue weighted by atomic mass is 10.1. The maximum atomic E-state index is 12.2. The Bertz CT molecular complexity index is 477. The summed E-state index contributed by atoms with van der Waals surface area (Å²) < 4.78 is 30.6. The van der Waals surface area contributed by atoms with Crippen LogP contribution in [0.5, 0.6) is 0 Å². The van der Waals surface area contributed by atoms with E-state index in [-0.39, 0.29) is 27.7 Å². The van der Waals surface area contributed by atoms with Gasteiger partial charge < -0.3 is 0 Å². The van der Waals surface area contributed by atoms with Crippen molar-refractivity contribution >= 4 is 32.6 Å². The van der Waals surface area contributed by atoms with Crippen LogP contribution >= 0.6 is 0 Å². The van der Waals surface area contributed by atoms with Crippen molar-refractivity contribution in [1.29, 1.82) is 0 Å². The highest BCUT2D eigenvalue weighted by atomic mass is 32.2. The summed E-state index contributed by atoms with van der Waals surface area (Å²) in [6.07, 6.45) is 6.32. The topological polar surface area (TPSA) is 88.5 Å². The Morgan fingerprint density at radius 2 is 1.87 bits per heavy atom. The lowest BCUT2D eigenvalue weighted by Crippen LogP contribution is -2.35. The van der Waals surface area contributed by atoms with Crippen molar-refractivity contribution < 1.29 is 22.6 Å². The van der Waals surface area contributed by atoms with E-state index in [4.69, 9.17) is 4.55 Å². The number of carbonyl (C=O) groups excluding carboxylic acids is 2. The third-order valence-corrected chi connectivity index (χ3v) is 7.81. The molecule has 0 aromatic heterocycles. The van der Waals surface area contributed by atoms with Gasteiger partial charge in [0.15, 0.2) is 0 Å². The minimum atomic E-state index is -3.94. The number of unbranched alkanes of at least 4 members (excludes halogenated alkanes) is 2. The second-order valence-corrected chi connectivity index (χ2v) is 10.4. The summed E-state index contributed by atoms with van der Waals surface area (Å²) in [5.74, 6) is 1.96. The lowest BCUT2D eigenvalue weighted by Gasteiger charge is -2.21. The smallest absolute Gasteiger partial charge is 0.264 e. The van der Waals surface area contributed by atoms with Gasteiger partial charge in [-0.1, -0.05) is 19.8 Å². The first-order valence-corrected chi connectivity index (χ1v) is 11.7. The summed E-state index contributed by atoms with van der Waals surface area (Å²) in [6, 6.07) is 0. The average molecular weight is 366 g/mol. The quantitative estimate of drug-likeness (QED) is 0.345. The molecule has 0 spiro atoms. The highest BCUT2D eigenvalue weighted by molar-refractivity contribution is 7.97. The van der Waals surface area contributed by atoms with Crippen LogP contribution in [0, 0.1) is 0 Å². The van der Waals surface area contributed by atoms with E-state index in [9.17, 15) is 18.0 Å². The number of carbonyl (C=O) groups is 2. The van der Waals surface area contributed by atoms with Crippen molar-refractivity contribution in [2.45, 2.75) is 70.0 Å². The van der Waals surface area contributed by atoms with Crippen LogP contribution in [0.1, 0.15) is 64.7 Å². The molecule has 1 unspecified atom stereocenters. The molecule has 0 aliphatic carbocycles. The second-order valence-electron chi connectivity index (χ2n) is 6.23. The zero-order chi connectivity index (χ0) is 17.3. The van der Waals surface area contributed by atoms with Crippen LogP contribution in [0.3, 0.4) is 0 Å². The molecule has 7 heteroatoms. The molecule has 0 amide bonds. The molecule has 0 aromatic rings. The molecule has 1 aliphatic rings. The summed E-state index contributed by atoms with van der Waals surface area (Å²) in [7, 11) is -3.92. The molecule has 1 heterocycles. The van der Waals surface area contributed by atoms with Gasteiger partial charge >= 0.3 is 0 Å². The van der Waals surface area contributed by atoms with E-state index in [0.29, 0.717) is 44.3 Å². The van der Waals surface area contributed by atoms with E-state index in [1.807, 2.05) is 0 Å². The zero-order valence-corrected chi connectivity index (χ0v) is 15.6. The number of ketones is 2. The Morgan fingerprint density at radius 3 is 2.43 bits per heavy atom. The van der Waals surface area contributed by atoms with E-state index >= 15 is 0 Å². The van der Waals surface area contributed by atoms with E-state index in [2.05, 4.69) is 6.92 Å². The van der Waals surface area contributed by atoms with Gasteiger partial charge in [-0.3, -0.25) is 14.1 Å². The summed E-state index contributed by atoms with van der Waals surface area (Å²) in [5, 5.41) is 0.166. The Kier molecular flexibility index (Phi) is 9.39. The van der Waals surface area contributed by atoms with Gasteiger partial charge in [0.1, 0.15) is 28.3 Å². The third kappa shape index (κ3) is 9.47. The third-order valence-electron chi connectivity index (χ3n) is 4.20. The van der Waals surface area contributed by atoms with Crippen molar-refractivity contribution in [1.82, 2.24) is 0 Å². The van der Waals surface area contributed by atoms with Crippen molar-refractivity contribution in [2.75, 3.05) is 17.3 Å². The highest BCUT2D eigenvalue weighted by Gasteiger charge is 2.35. The summed E-state index contributed by atoms with van der Waals surface area (Å²) in [4.78, 5) is 23.6. The zero-order valence-electron chi connectivity index (χ0n) is 14.0. The Hall–Kier alpha value is -0.400. The molecule has 0 bridgehead atoms. The summed E-state index contributed by atoms with van der Waals surface area (Å²) >= 11 is 0. The van der Waals surface area contributed by atoms with E-state index in [1.165, 1.54) is 0 Å². The minimum absolute atomic E-state index is 0.0226. The van der Waals surface area contributed by atoms with Crippen LogP contribution < -0.4 is 0 Å². The normalized spacial score (nSPS) is 18.1. The van der Waals surface area contributed by atoms with Crippen LogP contribution in [-0.2, 0) is 30.6 Å². The summed E-state index contributed by atoms with van der Waals surface area (Å²) in [5.41, 5.74) is 0. The summed E-state index contributed by atoms with van der Waals surface area (Å²) in [6.45, 7) is 2.10. The fourth-order valence-electron chi connectivity index (χ4n) is 2.86. The van der Waals surface area contributed by atoms with Crippen LogP contribution in [0.2, 0.25) is 0 Å². The molecule has 1 saturated heterocycles. The molecular formula is C16H29O5S2+. The molecular weight excluding hydrogens is 336 g/mol. The van der Waals surface area contributed by atoms with Gasteiger partial charge in [-0.2, -0.15) is 8.42 Å². The van der Waals surface area contributed by atoms with Crippen LogP contribution in [0.4, 0.5) is 0 Å². The largest absolute Gasteiger partial charge is 0.300 e. The second kappa shape index (κ2) is 10.5. The minimum Gasteiger partial charge on any atom is -0.300 e. The Labute approximate surface area is 142 Å². The van der Waals surface area contributed by atoms with Crippen LogP contribution in [0.25, 0.3) is 0 Å². The number of rotatable bonds is 11. The van der Waals surface area contributed by atoms with Crippen molar-refractivity contribution in [3.05, 3.63) is 0 Å². The van der Waals surface area contributed by atoms with E-state index in [1.54, 1.807) is 0 Å². The fourth-order valence-corrected chi connectivity index (χ4v) is 6.16. The molecule has 23 heavy (non-hydrogen) atoms. The van der Waals surface area contributed by atoms with E-state index < -0.39 is 10.1 Å². The molecule has 1 N–H and O–H groups in total. The fraction of sp³-hybridized carbons (Fsp3) is 0.875. The molecule has 5 nitrogen and oxygen atoms in total. The number of Topliss-reactive ketones (excluding diaryl/α,β-unsaturated/α-hetero) is 2. The van der Waals surface area contributed by atoms with E-state index in [0.717, 1.165) is 30.8 Å². The van der Waals surface area contributed by atoms with Gasteiger partial charge in [0, 0.05) is 6.42 Å². The Morgan fingerprint density at radius 1 is 1.22 bits per heavy atom. The SMILES string of the molecule is CCCCCC(=O)CC(CCCS(=O)(=O)O)[S+]1CCC(=O)CC1. The van der Waals surface area contributed by atoms with Crippen molar-refractivity contribution in [3.63, 3.8) is 0 Å². The molecule has 134 valence electrons. The number of hydrogen-bond acceptors (Lipinski definition) is 4. The molecule has 1 aliphatic heterocycles. The number of hydrogen-bond donors (Lipinski definition) is 1. The van der Waals surface area contributed by atoms with Crippen LogP contribution in [0.15, 0.2) is 0 Å². The lowest BCUT2D eigenvalue weighted by molar-refractivity contribution is -0.119. The Balaban J connectivity index is 2.53. The monoisotopic (exact) mass is 365 g/mol. The van der Waals surface area contributed by atoms with Gasteiger partial charge in [0.2, 0.25) is 0 Å².